The molecule has 25 heavy (non-hydrogen) atoms. The third-order valence-corrected chi connectivity index (χ3v) is 3.56. The van der Waals surface area contributed by atoms with Crippen LogP contribution in [0.25, 0.3) is 0 Å². The number of hydrogen-bond donors (Lipinski definition) is 1. The molecular formula is C17H19N3O5. The maximum absolute atomic E-state index is 12.6. The normalized spacial score (nSPS) is 10.1. The van der Waals surface area contributed by atoms with Crippen molar-refractivity contribution >= 4 is 23.0 Å². The van der Waals surface area contributed by atoms with Gasteiger partial charge in [0.25, 0.3) is 11.6 Å². The van der Waals surface area contributed by atoms with Crippen LogP contribution in [0, 0.1) is 10.1 Å². The fraction of sp³-hybridized carbons (Fsp3) is 0.235. The van der Waals surface area contributed by atoms with Gasteiger partial charge < -0.3 is 19.7 Å². The second-order valence-corrected chi connectivity index (χ2v) is 5.38. The molecule has 2 rings (SSSR count). The Morgan fingerprint density at radius 2 is 1.76 bits per heavy atom. The molecule has 0 unspecified atom stereocenters. The molecule has 0 aliphatic rings. The van der Waals surface area contributed by atoms with Crippen molar-refractivity contribution in [3.63, 3.8) is 0 Å². The molecule has 0 bridgehead atoms. The van der Waals surface area contributed by atoms with E-state index in [1.54, 1.807) is 43.3 Å². The van der Waals surface area contributed by atoms with Gasteiger partial charge in [-0.05, 0) is 18.2 Å². The van der Waals surface area contributed by atoms with Crippen LogP contribution in [0.1, 0.15) is 10.4 Å². The van der Waals surface area contributed by atoms with Crippen molar-refractivity contribution < 1.29 is 19.2 Å². The number of nitro benzene ring substituents is 1. The van der Waals surface area contributed by atoms with Gasteiger partial charge in [-0.1, -0.05) is 0 Å². The monoisotopic (exact) mass is 345 g/mol. The van der Waals surface area contributed by atoms with E-state index in [2.05, 4.69) is 5.32 Å². The quantitative estimate of drug-likeness (QED) is 0.639. The number of amides is 1. The van der Waals surface area contributed by atoms with Crippen LogP contribution in [0.15, 0.2) is 36.4 Å². The van der Waals surface area contributed by atoms with Crippen LogP contribution < -0.4 is 19.7 Å². The average molecular weight is 345 g/mol. The van der Waals surface area contributed by atoms with E-state index < -0.39 is 10.8 Å². The number of benzene rings is 2. The highest BCUT2D eigenvalue weighted by atomic mass is 16.6. The summed E-state index contributed by atoms with van der Waals surface area (Å²) in [7, 11) is 6.53. The molecule has 8 nitrogen and oxygen atoms in total. The third-order valence-electron chi connectivity index (χ3n) is 3.56. The van der Waals surface area contributed by atoms with Crippen LogP contribution in [0.3, 0.4) is 0 Å². The Balaban J connectivity index is 2.37. The van der Waals surface area contributed by atoms with E-state index in [9.17, 15) is 14.9 Å². The number of anilines is 2. The van der Waals surface area contributed by atoms with Gasteiger partial charge in [0, 0.05) is 43.7 Å². The minimum atomic E-state index is -0.535. The highest BCUT2D eigenvalue weighted by Crippen LogP contribution is 2.31. The molecule has 8 heteroatoms. The largest absolute Gasteiger partial charge is 0.493 e. The van der Waals surface area contributed by atoms with Crippen LogP contribution in [0.4, 0.5) is 17.1 Å². The third kappa shape index (κ3) is 3.97. The van der Waals surface area contributed by atoms with E-state index in [1.807, 2.05) is 0 Å². The molecular weight excluding hydrogens is 326 g/mol. The summed E-state index contributed by atoms with van der Waals surface area (Å²) in [5.41, 5.74) is 1.11. The molecule has 0 aliphatic carbocycles. The number of methoxy groups -OCH3 is 2. The Labute approximate surface area is 145 Å². The number of nitrogens with zero attached hydrogens (tertiary/aromatic N) is 2. The average Bonchev–Trinajstić information content (AvgIpc) is 2.60. The Bertz CT molecular complexity index is 805. The number of carbonyl (C=O) groups excluding carboxylic acids is 1. The lowest BCUT2D eigenvalue weighted by atomic mass is 10.1. The second kappa shape index (κ2) is 7.52. The van der Waals surface area contributed by atoms with E-state index in [-0.39, 0.29) is 11.3 Å². The molecule has 0 aliphatic heterocycles. The first-order valence-electron chi connectivity index (χ1n) is 7.36. The van der Waals surface area contributed by atoms with Crippen molar-refractivity contribution in [3.05, 3.63) is 52.1 Å². The van der Waals surface area contributed by atoms with E-state index in [0.717, 1.165) is 0 Å². The molecule has 0 atom stereocenters. The van der Waals surface area contributed by atoms with Crippen LogP contribution in [-0.2, 0) is 0 Å². The molecule has 2 aromatic rings. The molecule has 0 radical (unpaired) electrons. The molecule has 1 N–H and O–H groups in total. The Hall–Kier alpha value is -3.29. The molecule has 0 saturated carbocycles. The van der Waals surface area contributed by atoms with Crippen molar-refractivity contribution in [2.24, 2.45) is 0 Å². The summed E-state index contributed by atoms with van der Waals surface area (Å²) < 4.78 is 10.4. The van der Waals surface area contributed by atoms with E-state index >= 15 is 0 Å². The highest BCUT2D eigenvalue weighted by Gasteiger charge is 2.18. The van der Waals surface area contributed by atoms with Crippen LogP contribution in [0.5, 0.6) is 11.5 Å². The van der Waals surface area contributed by atoms with Gasteiger partial charge in [0.2, 0.25) is 0 Å². The maximum Gasteiger partial charge on any atom is 0.270 e. The van der Waals surface area contributed by atoms with Gasteiger partial charge in [-0.3, -0.25) is 14.9 Å². The maximum atomic E-state index is 12.6. The van der Waals surface area contributed by atoms with Crippen molar-refractivity contribution in [1.29, 1.82) is 0 Å². The lowest BCUT2D eigenvalue weighted by Gasteiger charge is -2.17. The van der Waals surface area contributed by atoms with Crippen LogP contribution >= 0.6 is 0 Å². The molecule has 1 amide bonds. The zero-order valence-electron chi connectivity index (χ0n) is 14.4. The van der Waals surface area contributed by atoms with Crippen LogP contribution in [0.2, 0.25) is 0 Å². The van der Waals surface area contributed by atoms with Crippen LogP contribution in [-0.4, -0.2) is 39.1 Å². The van der Waals surface area contributed by atoms with E-state index in [1.165, 1.54) is 26.4 Å². The number of nitrogens with one attached hydrogen (secondary N) is 1. The number of hydrogen-bond acceptors (Lipinski definition) is 6. The van der Waals surface area contributed by atoms with Gasteiger partial charge in [0.1, 0.15) is 0 Å². The summed E-state index contributed by atoms with van der Waals surface area (Å²) in [4.78, 5) is 24.8. The summed E-state index contributed by atoms with van der Waals surface area (Å²) in [5.74, 6) is 0.539. The lowest BCUT2D eigenvalue weighted by molar-refractivity contribution is -0.384. The molecule has 0 spiro atoms. The van der Waals surface area contributed by atoms with Crippen molar-refractivity contribution in [2.75, 3.05) is 38.5 Å². The topological polar surface area (TPSA) is 93.9 Å². The first-order valence-corrected chi connectivity index (χ1v) is 7.36. The summed E-state index contributed by atoms with van der Waals surface area (Å²) in [6.45, 7) is 0. The Morgan fingerprint density at radius 3 is 2.32 bits per heavy atom. The molecule has 0 aromatic heterocycles. The van der Waals surface area contributed by atoms with Gasteiger partial charge in [0.05, 0.1) is 24.7 Å². The Morgan fingerprint density at radius 1 is 1.08 bits per heavy atom. The molecule has 132 valence electrons. The highest BCUT2D eigenvalue weighted by molar-refractivity contribution is 6.08. The number of carbonyl (C=O) groups is 1. The molecule has 2 aromatic carbocycles. The molecule has 0 fully saturated rings. The zero-order chi connectivity index (χ0) is 18.6. The van der Waals surface area contributed by atoms with Gasteiger partial charge in [-0.25, -0.2) is 0 Å². The van der Waals surface area contributed by atoms with Crippen molar-refractivity contribution in [2.45, 2.75) is 0 Å². The predicted molar refractivity (Wildman–Crippen MR) is 94.9 cm³/mol. The van der Waals surface area contributed by atoms with Gasteiger partial charge in [-0.15, -0.1) is 0 Å². The lowest BCUT2D eigenvalue weighted by Crippen LogP contribution is -2.18. The standard InChI is InChI=1S/C17H19N3O5/c1-19(2)14-7-6-12(20(22)23)10-13(14)17(21)18-11-5-8-15(24-3)16(9-11)25-4/h5-10H,1-4H3,(H,18,21). The second-order valence-electron chi connectivity index (χ2n) is 5.38. The van der Waals surface area contributed by atoms with E-state index in [4.69, 9.17) is 9.47 Å². The first kappa shape index (κ1) is 18.1. The summed E-state index contributed by atoms with van der Waals surface area (Å²) >= 11 is 0. The van der Waals surface area contributed by atoms with Gasteiger partial charge >= 0.3 is 0 Å². The zero-order valence-corrected chi connectivity index (χ0v) is 14.4. The number of rotatable bonds is 6. The smallest absolute Gasteiger partial charge is 0.270 e. The number of nitro groups is 1. The molecule has 0 heterocycles. The summed E-state index contributed by atoms with van der Waals surface area (Å²) in [6.07, 6.45) is 0. The predicted octanol–water partition coefficient (Wildman–Crippen LogP) is 2.93. The fourth-order valence-electron chi connectivity index (χ4n) is 2.32. The molecule has 0 saturated heterocycles. The van der Waals surface area contributed by atoms with Gasteiger partial charge in [-0.2, -0.15) is 0 Å². The SMILES string of the molecule is COc1ccc(NC(=O)c2cc([N+](=O)[O-])ccc2N(C)C)cc1OC. The van der Waals surface area contributed by atoms with Gasteiger partial charge in [0.15, 0.2) is 11.5 Å². The first-order chi connectivity index (χ1) is 11.9. The summed E-state index contributed by atoms with van der Waals surface area (Å²) in [6, 6.07) is 9.10. The fourth-order valence-corrected chi connectivity index (χ4v) is 2.32. The van der Waals surface area contributed by atoms with Crippen molar-refractivity contribution in [3.8, 4) is 11.5 Å². The van der Waals surface area contributed by atoms with Crippen molar-refractivity contribution in [1.82, 2.24) is 0 Å². The minimum absolute atomic E-state index is 0.150. The minimum Gasteiger partial charge on any atom is -0.493 e. The summed E-state index contributed by atoms with van der Waals surface area (Å²) in [5, 5.41) is 13.7. The number of ether oxygens (including phenoxy) is 2. The number of non-ortho nitro benzene ring substituents is 1. The Kier molecular flexibility index (Phi) is 5.43. The van der Waals surface area contributed by atoms with E-state index in [0.29, 0.717) is 22.9 Å².